The van der Waals surface area contributed by atoms with Crippen molar-refractivity contribution in [2.24, 2.45) is 0 Å². The van der Waals surface area contributed by atoms with Gasteiger partial charge in [0.25, 0.3) is 0 Å². The Morgan fingerprint density at radius 3 is 2.16 bits per heavy atom. The highest BCUT2D eigenvalue weighted by molar-refractivity contribution is 7.98. The molecule has 0 atom stereocenters. The molecular weight excluding hydrogens is 256 g/mol. The summed E-state index contributed by atoms with van der Waals surface area (Å²) in [6.45, 7) is 11.0. The van der Waals surface area contributed by atoms with E-state index in [1.807, 2.05) is 0 Å². The summed E-state index contributed by atoms with van der Waals surface area (Å²) >= 11 is 1.70. The predicted octanol–water partition coefficient (Wildman–Crippen LogP) is 4.31. The summed E-state index contributed by atoms with van der Waals surface area (Å²) in [4.78, 5) is 10.5. The first kappa shape index (κ1) is 16.1. The van der Waals surface area contributed by atoms with Gasteiger partial charge in [-0.2, -0.15) is 11.8 Å². The third-order valence-electron chi connectivity index (χ3n) is 3.27. The van der Waals surface area contributed by atoms with Crippen molar-refractivity contribution in [2.45, 2.75) is 52.2 Å². The van der Waals surface area contributed by atoms with Gasteiger partial charge in [0.15, 0.2) is 0 Å². The summed E-state index contributed by atoms with van der Waals surface area (Å²) in [5.74, 6) is 0.856. The van der Waals surface area contributed by atoms with E-state index in [0.29, 0.717) is 5.75 Å². The molecule has 0 unspecified atom stereocenters. The molecule has 0 heterocycles. The average molecular weight is 280 g/mol. The second kappa shape index (κ2) is 6.47. The van der Waals surface area contributed by atoms with Crippen molar-refractivity contribution in [3.05, 3.63) is 34.4 Å². The zero-order valence-electron chi connectivity index (χ0n) is 12.5. The number of rotatable bonds is 5. The molecule has 0 aromatic heterocycles. The van der Waals surface area contributed by atoms with Gasteiger partial charge >= 0.3 is 5.97 Å². The third-order valence-corrected chi connectivity index (χ3v) is 4.25. The number of carboxylic acids is 1. The van der Waals surface area contributed by atoms with Crippen molar-refractivity contribution in [3.8, 4) is 0 Å². The van der Waals surface area contributed by atoms with Gasteiger partial charge in [-0.25, -0.2) is 0 Å². The lowest BCUT2D eigenvalue weighted by Crippen LogP contribution is -2.12. The third kappa shape index (κ3) is 4.90. The maximum absolute atomic E-state index is 10.5. The molecule has 0 aliphatic carbocycles. The fourth-order valence-electron chi connectivity index (χ4n) is 1.99. The van der Waals surface area contributed by atoms with Gasteiger partial charge < -0.3 is 5.11 Å². The van der Waals surface area contributed by atoms with Gasteiger partial charge in [0.05, 0.1) is 6.42 Å². The molecule has 19 heavy (non-hydrogen) atoms. The van der Waals surface area contributed by atoms with E-state index in [-0.39, 0.29) is 11.8 Å². The van der Waals surface area contributed by atoms with Gasteiger partial charge in [0.1, 0.15) is 0 Å². The maximum atomic E-state index is 10.5. The van der Waals surface area contributed by atoms with Crippen molar-refractivity contribution in [2.75, 3.05) is 5.75 Å². The highest BCUT2D eigenvalue weighted by atomic mass is 32.2. The lowest BCUT2D eigenvalue weighted by molar-refractivity contribution is -0.136. The minimum Gasteiger partial charge on any atom is -0.481 e. The fraction of sp³-hybridized carbons (Fsp3) is 0.562. The molecule has 2 nitrogen and oxygen atoms in total. The number of hydrogen-bond acceptors (Lipinski definition) is 2. The molecule has 1 N–H and O–H groups in total. The standard InChI is InChI=1S/C16H24O2S/c1-11-8-13(16(3,4)5)9-12(2)14(11)10-19-7-6-15(17)18/h8-9H,6-7,10H2,1-5H3,(H,17,18). The molecule has 1 aromatic carbocycles. The van der Waals surface area contributed by atoms with E-state index in [2.05, 4.69) is 46.8 Å². The number of aliphatic carboxylic acids is 1. The van der Waals surface area contributed by atoms with Crippen LogP contribution in [-0.4, -0.2) is 16.8 Å². The van der Waals surface area contributed by atoms with E-state index in [0.717, 1.165) is 5.75 Å². The molecule has 0 saturated heterocycles. The molecule has 0 fully saturated rings. The van der Waals surface area contributed by atoms with Gasteiger partial charge in [-0.05, 0) is 41.5 Å². The Morgan fingerprint density at radius 2 is 1.74 bits per heavy atom. The smallest absolute Gasteiger partial charge is 0.304 e. The van der Waals surface area contributed by atoms with Crippen molar-refractivity contribution in [3.63, 3.8) is 0 Å². The molecule has 0 radical (unpaired) electrons. The van der Waals surface area contributed by atoms with Gasteiger partial charge in [-0.15, -0.1) is 0 Å². The number of aryl methyl sites for hydroxylation is 2. The first-order valence-corrected chi connectivity index (χ1v) is 7.77. The second-order valence-corrected chi connectivity index (χ2v) is 7.14. The van der Waals surface area contributed by atoms with Crippen LogP contribution in [0.25, 0.3) is 0 Å². The SMILES string of the molecule is Cc1cc(C(C)(C)C)cc(C)c1CSCCC(=O)O. The van der Waals surface area contributed by atoms with Gasteiger partial charge in [0.2, 0.25) is 0 Å². The number of hydrogen-bond donors (Lipinski definition) is 1. The maximum Gasteiger partial charge on any atom is 0.304 e. The van der Waals surface area contributed by atoms with Gasteiger partial charge in [-0.3, -0.25) is 4.79 Å². The summed E-state index contributed by atoms with van der Waals surface area (Å²) in [6.07, 6.45) is 0.239. The van der Waals surface area contributed by atoms with E-state index in [1.165, 1.54) is 22.3 Å². The molecule has 0 spiro atoms. The van der Waals surface area contributed by atoms with Crippen molar-refractivity contribution in [1.29, 1.82) is 0 Å². The molecule has 0 aliphatic heterocycles. The molecule has 0 amide bonds. The zero-order valence-corrected chi connectivity index (χ0v) is 13.4. The van der Waals surface area contributed by atoms with E-state index < -0.39 is 5.97 Å². The van der Waals surface area contributed by atoms with Crippen molar-refractivity contribution >= 4 is 17.7 Å². The number of thioether (sulfide) groups is 1. The van der Waals surface area contributed by atoms with Crippen LogP contribution in [0.5, 0.6) is 0 Å². The number of carboxylic acid groups (broad SMARTS) is 1. The molecule has 0 bridgehead atoms. The lowest BCUT2D eigenvalue weighted by Gasteiger charge is -2.22. The topological polar surface area (TPSA) is 37.3 Å². The number of carbonyl (C=O) groups is 1. The normalized spacial score (nSPS) is 11.6. The van der Waals surface area contributed by atoms with Crippen LogP contribution in [-0.2, 0) is 16.0 Å². The summed E-state index contributed by atoms with van der Waals surface area (Å²) in [7, 11) is 0. The summed E-state index contributed by atoms with van der Waals surface area (Å²) in [5.41, 5.74) is 5.51. The molecule has 0 aliphatic rings. The van der Waals surface area contributed by atoms with Crippen LogP contribution in [0.4, 0.5) is 0 Å². The second-order valence-electron chi connectivity index (χ2n) is 6.03. The average Bonchev–Trinajstić information content (AvgIpc) is 2.25. The number of benzene rings is 1. The lowest BCUT2D eigenvalue weighted by atomic mass is 9.84. The first-order valence-electron chi connectivity index (χ1n) is 6.62. The predicted molar refractivity (Wildman–Crippen MR) is 83.0 cm³/mol. The summed E-state index contributed by atoms with van der Waals surface area (Å²) in [6, 6.07) is 4.53. The Kier molecular flexibility index (Phi) is 5.48. The van der Waals surface area contributed by atoms with Crippen molar-refractivity contribution in [1.82, 2.24) is 0 Å². The van der Waals surface area contributed by atoms with Crippen LogP contribution < -0.4 is 0 Å². The Morgan fingerprint density at radius 1 is 1.21 bits per heavy atom. The molecular formula is C16H24O2S. The van der Waals surface area contributed by atoms with Crippen LogP contribution in [0.15, 0.2) is 12.1 Å². The highest BCUT2D eigenvalue weighted by Crippen LogP contribution is 2.28. The molecule has 1 aromatic rings. The summed E-state index contributed by atoms with van der Waals surface area (Å²) < 4.78 is 0. The molecule has 0 saturated carbocycles. The van der Waals surface area contributed by atoms with Gasteiger partial charge in [-0.1, -0.05) is 32.9 Å². The Labute approximate surface area is 120 Å². The van der Waals surface area contributed by atoms with Crippen LogP contribution in [0.1, 0.15) is 49.4 Å². The van der Waals surface area contributed by atoms with Gasteiger partial charge in [0, 0.05) is 11.5 Å². The zero-order chi connectivity index (χ0) is 14.6. The Bertz CT molecular complexity index is 435. The minimum absolute atomic E-state index is 0.171. The molecule has 3 heteroatoms. The highest BCUT2D eigenvalue weighted by Gasteiger charge is 2.16. The Hall–Kier alpha value is -0.960. The van der Waals surface area contributed by atoms with E-state index in [4.69, 9.17) is 5.11 Å². The van der Waals surface area contributed by atoms with Crippen LogP contribution in [0.3, 0.4) is 0 Å². The Balaban J connectivity index is 2.78. The molecule has 1 rings (SSSR count). The van der Waals surface area contributed by atoms with Crippen LogP contribution >= 0.6 is 11.8 Å². The van der Waals surface area contributed by atoms with Crippen LogP contribution in [0, 0.1) is 13.8 Å². The van der Waals surface area contributed by atoms with E-state index >= 15 is 0 Å². The molecule has 106 valence electrons. The quantitative estimate of drug-likeness (QED) is 0.817. The van der Waals surface area contributed by atoms with E-state index in [1.54, 1.807) is 11.8 Å². The van der Waals surface area contributed by atoms with E-state index in [9.17, 15) is 4.79 Å². The fourth-order valence-corrected chi connectivity index (χ4v) is 3.11. The van der Waals surface area contributed by atoms with Crippen molar-refractivity contribution < 1.29 is 9.90 Å². The minimum atomic E-state index is -0.718. The first-order chi connectivity index (χ1) is 8.71. The summed E-state index contributed by atoms with van der Waals surface area (Å²) in [5, 5.41) is 8.63. The monoisotopic (exact) mass is 280 g/mol. The largest absolute Gasteiger partial charge is 0.481 e. The van der Waals surface area contributed by atoms with Crippen LogP contribution in [0.2, 0.25) is 0 Å².